The summed E-state index contributed by atoms with van der Waals surface area (Å²) in [6.45, 7) is 3.23. The highest BCUT2D eigenvalue weighted by atomic mass is 32.2. The molecule has 140 valence electrons. The molecule has 0 saturated carbocycles. The molecule has 27 heavy (non-hydrogen) atoms. The maximum Gasteiger partial charge on any atom is 0.242 e. The number of para-hydroxylation sites is 2. The lowest BCUT2D eigenvalue weighted by Crippen LogP contribution is -2.40. The summed E-state index contributed by atoms with van der Waals surface area (Å²) in [7, 11) is 0. The molecule has 2 aromatic carbocycles. The average Bonchev–Trinajstić information content (AvgIpc) is 2.70. The monoisotopic (exact) mass is 414 g/mol. The number of benzene rings is 2. The molecule has 2 heterocycles. The Labute approximate surface area is 174 Å². The maximum atomic E-state index is 13.2. The summed E-state index contributed by atoms with van der Waals surface area (Å²) in [4.78, 5) is 19.6. The molecule has 6 heteroatoms. The number of carbonyl (C=O) groups is 1. The first-order valence-corrected chi connectivity index (χ1v) is 11.5. The molecule has 0 radical (unpaired) electrons. The predicted molar refractivity (Wildman–Crippen MR) is 119 cm³/mol. The molecule has 1 saturated heterocycles. The van der Waals surface area contributed by atoms with Crippen molar-refractivity contribution in [3.63, 3.8) is 0 Å². The van der Waals surface area contributed by atoms with E-state index in [9.17, 15) is 4.79 Å². The minimum Gasteiger partial charge on any atom is -0.355 e. The van der Waals surface area contributed by atoms with Crippen molar-refractivity contribution in [1.82, 2.24) is 4.90 Å². The van der Waals surface area contributed by atoms with Crippen LogP contribution in [0.25, 0.3) is 0 Å². The zero-order chi connectivity index (χ0) is 18.8. The van der Waals surface area contributed by atoms with Gasteiger partial charge < -0.3 is 4.90 Å². The van der Waals surface area contributed by atoms with Crippen LogP contribution < -0.4 is 4.90 Å². The van der Waals surface area contributed by atoms with Gasteiger partial charge in [-0.2, -0.15) is 0 Å². The van der Waals surface area contributed by atoms with Crippen molar-refractivity contribution in [3.05, 3.63) is 48.5 Å². The van der Waals surface area contributed by atoms with Crippen LogP contribution in [0, 0.1) is 0 Å². The van der Waals surface area contributed by atoms with Crippen LogP contribution in [0.2, 0.25) is 0 Å². The van der Waals surface area contributed by atoms with Crippen LogP contribution in [0.15, 0.2) is 58.3 Å². The second-order valence-corrected chi connectivity index (χ2v) is 9.55. The number of carbonyl (C=O) groups excluding carboxylic acids is 1. The Balaban J connectivity index is 1.53. The maximum absolute atomic E-state index is 13.2. The van der Waals surface area contributed by atoms with Crippen molar-refractivity contribution in [2.45, 2.75) is 42.0 Å². The lowest BCUT2D eigenvalue weighted by atomic mass is 10.1. The highest BCUT2D eigenvalue weighted by molar-refractivity contribution is 8.23. The summed E-state index contributed by atoms with van der Waals surface area (Å²) < 4.78 is 0.850. The second kappa shape index (κ2) is 8.25. The number of fused-ring (bicyclic) bond motifs is 2. The number of thioether (sulfide) groups is 1. The van der Waals surface area contributed by atoms with Crippen LogP contribution in [0.3, 0.4) is 0 Å². The number of nitrogens with zero attached hydrogens (tertiary/aromatic N) is 2. The van der Waals surface area contributed by atoms with Crippen LogP contribution in [0.4, 0.5) is 11.4 Å². The number of piperidine rings is 1. The van der Waals surface area contributed by atoms with E-state index >= 15 is 0 Å². The molecule has 0 N–H and O–H groups in total. The van der Waals surface area contributed by atoms with E-state index in [2.05, 4.69) is 24.0 Å². The van der Waals surface area contributed by atoms with E-state index in [0.29, 0.717) is 11.8 Å². The molecule has 1 fully saturated rings. The number of hydrogen-bond donors (Lipinski definition) is 0. The van der Waals surface area contributed by atoms with Crippen LogP contribution in [-0.4, -0.2) is 33.5 Å². The van der Waals surface area contributed by atoms with Gasteiger partial charge in [-0.05, 0) is 50.5 Å². The zero-order valence-electron chi connectivity index (χ0n) is 15.3. The number of anilines is 2. The standard InChI is InChI=1S/C21H22N2OS3/c1-15-8-6-7-13-22(15)21(25)26-14-20(24)23-16-9-2-4-11-18(16)27-19-12-5-3-10-17(19)23/h2-5,9-12,15H,6-8,13-14H2,1H3. The van der Waals surface area contributed by atoms with Gasteiger partial charge in [-0.1, -0.05) is 60.0 Å². The highest BCUT2D eigenvalue weighted by Crippen LogP contribution is 2.48. The fourth-order valence-corrected chi connectivity index (χ4v) is 5.93. The molecule has 2 aliphatic rings. The smallest absolute Gasteiger partial charge is 0.242 e. The molecule has 2 aromatic rings. The van der Waals surface area contributed by atoms with Gasteiger partial charge in [0.25, 0.3) is 0 Å². The quantitative estimate of drug-likeness (QED) is 0.586. The van der Waals surface area contributed by atoms with Crippen LogP contribution in [-0.2, 0) is 4.79 Å². The van der Waals surface area contributed by atoms with E-state index in [-0.39, 0.29) is 5.91 Å². The summed E-state index contributed by atoms with van der Waals surface area (Å²) in [6.07, 6.45) is 3.63. The fraction of sp³-hybridized carbons (Fsp3) is 0.333. The lowest BCUT2D eigenvalue weighted by Gasteiger charge is -2.35. The van der Waals surface area contributed by atoms with Crippen LogP contribution >= 0.6 is 35.7 Å². The lowest BCUT2D eigenvalue weighted by molar-refractivity contribution is -0.115. The van der Waals surface area contributed by atoms with E-state index in [4.69, 9.17) is 12.2 Å². The number of amides is 1. The molecular formula is C21H22N2OS3. The summed E-state index contributed by atoms with van der Waals surface area (Å²) in [5.41, 5.74) is 1.92. The predicted octanol–water partition coefficient (Wildman–Crippen LogP) is 5.71. The van der Waals surface area contributed by atoms with Gasteiger partial charge in [0.15, 0.2) is 0 Å². The third-order valence-corrected chi connectivity index (χ3v) is 7.63. The van der Waals surface area contributed by atoms with Crippen molar-refractivity contribution in [3.8, 4) is 0 Å². The first-order valence-electron chi connectivity index (χ1n) is 9.27. The van der Waals surface area contributed by atoms with Gasteiger partial charge >= 0.3 is 0 Å². The third kappa shape index (κ3) is 3.89. The molecule has 2 aliphatic heterocycles. The molecule has 0 spiro atoms. The van der Waals surface area contributed by atoms with Gasteiger partial charge in [-0.25, -0.2) is 0 Å². The Morgan fingerprint density at radius 2 is 1.74 bits per heavy atom. The molecule has 0 aromatic heterocycles. The van der Waals surface area contributed by atoms with E-state index in [1.165, 1.54) is 31.0 Å². The normalized spacial score (nSPS) is 18.6. The minimum absolute atomic E-state index is 0.0761. The molecule has 1 atom stereocenters. The van der Waals surface area contributed by atoms with Crippen molar-refractivity contribution < 1.29 is 4.79 Å². The van der Waals surface area contributed by atoms with E-state index < -0.39 is 0 Å². The average molecular weight is 415 g/mol. The van der Waals surface area contributed by atoms with E-state index in [0.717, 1.165) is 32.0 Å². The van der Waals surface area contributed by atoms with Gasteiger partial charge in [0, 0.05) is 22.4 Å². The first kappa shape index (κ1) is 18.8. The zero-order valence-corrected chi connectivity index (χ0v) is 17.7. The molecule has 0 bridgehead atoms. The summed E-state index contributed by atoms with van der Waals surface area (Å²) in [5, 5.41) is 0. The first-order chi connectivity index (χ1) is 13.1. The van der Waals surface area contributed by atoms with Crippen LogP contribution in [0.5, 0.6) is 0 Å². The van der Waals surface area contributed by atoms with Gasteiger partial charge in [0.1, 0.15) is 4.32 Å². The summed E-state index contributed by atoms with van der Waals surface area (Å²) >= 11 is 8.85. The number of thiocarbonyl (C=S) groups is 1. The van der Waals surface area contributed by atoms with Gasteiger partial charge in [-0.15, -0.1) is 0 Å². The van der Waals surface area contributed by atoms with Crippen molar-refractivity contribution in [2.75, 3.05) is 17.2 Å². The Bertz CT molecular complexity index is 825. The summed E-state index contributed by atoms with van der Waals surface area (Å²) in [6, 6.07) is 16.7. The summed E-state index contributed by atoms with van der Waals surface area (Å²) in [5.74, 6) is 0.433. The Kier molecular flexibility index (Phi) is 5.76. The molecule has 1 amide bonds. The minimum atomic E-state index is 0.0761. The fourth-order valence-electron chi connectivity index (χ4n) is 3.61. The number of likely N-dealkylation sites (tertiary alicyclic amines) is 1. The van der Waals surface area contributed by atoms with Gasteiger partial charge in [0.2, 0.25) is 5.91 Å². The van der Waals surface area contributed by atoms with E-state index in [1.54, 1.807) is 11.8 Å². The topological polar surface area (TPSA) is 23.6 Å². The SMILES string of the molecule is CC1CCCCN1C(=S)SCC(=O)N1c2ccccc2Sc2ccccc21. The van der Waals surface area contributed by atoms with Crippen molar-refractivity contribution >= 4 is 57.3 Å². The van der Waals surface area contributed by atoms with E-state index in [1.807, 2.05) is 41.3 Å². The largest absolute Gasteiger partial charge is 0.355 e. The highest BCUT2D eigenvalue weighted by Gasteiger charge is 2.28. The molecule has 1 unspecified atom stereocenters. The third-order valence-electron chi connectivity index (χ3n) is 5.04. The van der Waals surface area contributed by atoms with Gasteiger partial charge in [0.05, 0.1) is 17.1 Å². The second-order valence-electron chi connectivity index (χ2n) is 6.86. The Hall–Kier alpha value is -1.50. The number of rotatable bonds is 2. The molecular weight excluding hydrogens is 392 g/mol. The molecule has 4 rings (SSSR count). The molecule has 0 aliphatic carbocycles. The van der Waals surface area contributed by atoms with Crippen molar-refractivity contribution in [1.29, 1.82) is 0 Å². The van der Waals surface area contributed by atoms with Gasteiger partial charge in [-0.3, -0.25) is 9.69 Å². The molecule has 3 nitrogen and oxygen atoms in total. The van der Waals surface area contributed by atoms with Crippen molar-refractivity contribution in [2.24, 2.45) is 0 Å². The Morgan fingerprint density at radius 1 is 1.11 bits per heavy atom. The van der Waals surface area contributed by atoms with Crippen LogP contribution in [0.1, 0.15) is 26.2 Å². The Morgan fingerprint density at radius 3 is 2.37 bits per heavy atom. The number of hydrogen-bond acceptors (Lipinski definition) is 4.